The third-order valence-electron chi connectivity index (χ3n) is 5.17. The van der Waals surface area contributed by atoms with Crippen LogP contribution in [0.5, 0.6) is 0 Å². The largest absolute Gasteiger partial charge is 0.378 e. The second-order valence-electron chi connectivity index (χ2n) is 6.93. The Balaban J connectivity index is 1.53. The fraction of sp³-hybridized carbons (Fsp3) is 0.650. The number of hydrogen-bond donors (Lipinski definition) is 1. The van der Waals surface area contributed by atoms with Crippen LogP contribution in [-0.4, -0.2) is 70.0 Å². The topological polar surface area (TPSA) is 49.3 Å². The van der Waals surface area contributed by atoms with E-state index in [1.807, 2.05) is 24.0 Å². The Morgan fingerprint density at radius 1 is 1.26 bits per heavy atom. The molecule has 7 heteroatoms. The Morgan fingerprint density at radius 3 is 2.63 bits per heavy atom. The highest BCUT2D eigenvalue weighted by Gasteiger charge is 2.21. The molecule has 150 valence electrons. The maximum atomic E-state index is 14.5. The zero-order valence-electron chi connectivity index (χ0n) is 16.4. The molecule has 1 aromatic rings. The van der Waals surface area contributed by atoms with Crippen LogP contribution in [0.25, 0.3) is 0 Å². The van der Waals surface area contributed by atoms with Crippen molar-refractivity contribution >= 4 is 11.6 Å². The number of nitrogens with zero attached hydrogens (tertiary/aromatic N) is 3. The van der Waals surface area contributed by atoms with Crippen molar-refractivity contribution in [1.29, 1.82) is 0 Å². The van der Waals surface area contributed by atoms with Crippen LogP contribution in [0.15, 0.2) is 23.2 Å². The highest BCUT2D eigenvalue weighted by molar-refractivity contribution is 5.80. The molecule has 1 aromatic carbocycles. The van der Waals surface area contributed by atoms with E-state index >= 15 is 0 Å². The van der Waals surface area contributed by atoms with Gasteiger partial charge in [-0.25, -0.2) is 4.39 Å². The van der Waals surface area contributed by atoms with E-state index in [-0.39, 0.29) is 5.82 Å². The molecule has 6 nitrogen and oxygen atoms in total. The predicted molar refractivity (Wildman–Crippen MR) is 106 cm³/mol. The molecule has 2 aliphatic heterocycles. The van der Waals surface area contributed by atoms with Crippen molar-refractivity contribution in [2.75, 3.05) is 57.9 Å². The number of anilines is 1. The minimum Gasteiger partial charge on any atom is -0.378 e. The van der Waals surface area contributed by atoms with Gasteiger partial charge in [0.1, 0.15) is 5.82 Å². The van der Waals surface area contributed by atoms with Gasteiger partial charge in [0.25, 0.3) is 0 Å². The fourth-order valence-electron chi connectivity index (χ4n) is 3.70. The van der Waals surface area contributed by atoms with E-state index < -0.39 is 0 Å². The van der Waals surface area contributed by atoms with E-state index in [0.717, 1.165) is 57.2 Å². The normalized spacial score (nSPS) is 19.4. The molecule has 0 spiro atoms. The predicted octanol–water partition coefficient (Wildman–Crippen LogP) is 2.24. The Hall–Kier alpha value is -1.86. The molecule has 2 heterocycles. The maximum Gasteiger partial charge on any atom is 0.193 e. The molecule has 0 unspecified atom stereocenters. The van der Waals surface area contributed by atoms with Gasteiger partial charge in [-0.2, -0.15) is 0 Å². The third-order valence-corrected chi connectivity index (χ3v) is 5.17. The van der Waals surface area contributed by atoms with Crippen LogP contribution in [0.4, 0.5) is 10.1 Å². The number of hydrogen-bond acceptors (Lipinski definition) is 4. The first-order valence-electron chi connectivity index (χ1n) is 9.89. The van der Waals surface area contributed by atoms with Crippen LogP contribution in [0.2, 0.25) is 0 Å². The summed E-state index contributed by atoms with van der Waals surface area (Å²) in [7, 11) is 1.79. The smallest absolute Gasteiger partial charge is 0.193 e. The van der Waals surface area contributed by atoms with Gasteiger partial charge in [0.2, 0.25) is 0 Å². The molecule has 2 fully saturated rings. The third kappa shape index (κ3) is 5.32. The Bertz CT molecular complexity index is 626. The lowest BCUT2D eigenvalue weighted by Gasteiger charge is -2.34. The van der Waals surface area contributed by atoms with E-state index in [0.29, 0.717) is 31.5 Å². The number of benzene rings is 1. The first-order chi connectivity index (χ1) is 13.2. The van der Waals surface area contributed by atoms with Crippen molar-refractivity contribution in [3.05, 3.63) is 29.6 Å². The molecule has 27 heavy (non-hydrogen) atoms. The van der Waals surface area contributed by atoms with Crippen molar-refractivity contribution in [2.24, 2.45) is 4.99 Å². The highest BCUT2D eigenvalue weighted by Crippen LogP contribution is 2.21. The van der Waals surface area contributed by atoms with E-state index in [9.17, 15) is 4.39 Å². The molecule has 1 N–H and O–H groups in total. The molecule has 2 saturated heterocycles. The minimum absolute atomic E-state index is 0.177. The molecular weight excluding hydrogens is 347 g/mol. The van der Waals surface area contributed by atoms with Crippen molar-refractivity contribution in [3.8, 4) is 0 Å². The lowest BCUT2D eigenvalue weighted by atomic mass is 10.1. The molecule has 0 atom stereocenters. The summed E-state index contributed by atoms with van der Waals surface area (Å²) in [5.74, 6) is 0.686. The summed E-state index contributed by atoms with van der Waals surface area (Å²) in [6.45, 7) is 7.98. The molecule has 0 radical (unpaired) electrons. The molecule has 0 aromatic heterocycles. The SMILES string of the molecule is CCOC1CCN(C(=NC)NCc2ccc(N3CCOCC3)c(F)c2)CC1. The van der Waals surface area contributed by atoms with Crippen molar-refractivity contribution < 1.29 is 13.9 Å². The van der Waals surface area contributed by atoms with Gasteiger partial charge < -0.3 is 24.6 Å². The van der Waals surface area contributed by atoms with Gasteiger partial charge in [-0.3, -0.25) is 4.99 Å². The number of ether oxygens (including phenoxy) is 2. The van der Waals surface area contributed by atoms with Crippen LogP contribution < -0.4 is 10.2 Å². The zero-order valence-corrected chi connectivity index (χ0v) is 16.4. The molecule has 0 bridgehead atoms. The number of rotatable bonds is 5. The van der Waals surface area contributed by atoms with Crippen molar-refractivity contribution in [3.63, 3.8) is 0 Å². The van der Waals surface area contributed by atoms with Crippen LogP contribution in [-0.2, 0) is 16.0 Å². The number of piperidine rings is 1. The van der Waals surface area contributed by atoms with E-state index in [1.165, 1.54) is 0 Å². The van der Waals surface area contributed by atoms with Gasteiger partial charge in [-0.15, -0.1) is 0 Å². The maximum absolute atomic E-state index is 14.5. The fourth-order valence-corrected chi connectivity index (χ4v) is 3.70. The Labute approximate surface area is 161 Å². The Morgan fingerprint density at radius 2 is 2.00 bits per heavy atom. The average Bonchev–Trinajstić information content (AvgIpc) is 2.70. The number of morpholine rings is 1. The lowest BCUT2D eigenvalue weighted by molar-refractivity contribution is 0.0263. The first-order valence-corrected chi connectivity index (χ1v) is 9.89. The first kappa shape index (κ1) is 19.9. The zero-order chi connectivity index (χ0) is 19.1. The van der Waals surface area contributed by atoms with Crippen LogP contribution >= 0.6 is 0 Å². The number of halogens is 1. The minimum atomic E-state index is -0.177. The number of nitrogens with one attached hydrogen (secondary N) is 1. The standard InChI is InChI=1S/C20H31FN4O2/c1-3-27-17-6-8-25(9-7-17)20(22-2)23-15-16-4-5-19(18(21)14-16)24-10-12-26-13-11-24/h4-5,14,17H,3,6-13,15H2,1-2H3,(H,22,23). The van der Waals surface area contributed by atoms with Crippen molar-refractivity contribution in [1.82, 2.24) is 10.2 Å². The van der Waals surface area contributed by atoms with Gasteiger partial charge in [-0.1, -0.05) is 6.07 Å². The summed E-state index contributed by atoms with van der Waals surface area (Å²) in [6.07, 6.45) is 2.38. The Kier molecular flexibility index (Phi) is 7.29. The van der Waals surface area contributed by atoms with Gasteiger partial charge in [0, 0.05) is 46.4 Å². The van der Waals surface area contributed by atoms with E-state index in [2.05, 4.69) is 15.2 Å². The summed E-state index contributed by atoms with van der Waals surface area (Å²) >= 11 is 0. The van der Waals surface area contributed by atoms with Crippen LogP contribution in [0, 0.1) is 5.82 Å². The van der Waals surface area contributed by atoms with Gasteiger partial charge in [0.05, 0.1) is 25.0 Å². The average molecular weight is 378 g/mol. The van der Waals surface area contributed by atoms with Gasteiger partial charge >= 0.3 is 0 Å². The monoisotopic (exact) mass is 378 g/mol. The molecule has 3 rings (SSSR count). The van der Waals surface area contributed by atoms with Crippen molar-refractivity contribution in [2.45, 2.75) is 32.4 Å². The second kappa shape index (κ2) is 9.90. The summed E-state index contributed by atoms with van der Waals surface area (Å²) < 4.78 is 25.6. The van der Waals surface area contributed by atoms with Gasteiger partial charge in [-0.05, 0) is 37.5 Å². The number of aliphatic imine (C=N–C) groups is 1. The van der Waals surface area contributed by atoms with E-state index in [1.54, 1.807) is 13.1 Å². The quantitative estimate of drug-likeness (QED) is 0.629. The molecular formula is C20H31FN4O2. The molecule has 0 aliphatic carbocycles. The second-order valence-corrected chi connectivity index (χ2v) is 6.93. The lowest BCUT2D eigenvalue weighted by Crippen LogP contribution is -2.46. The number of likely N-dealkylation sites (tertiary alicyclic amines) is 1. The molecule has 0 saturated carbocycles. The summed E-state index contributed by atoms with van der Waals surface area (Å²) in [6, 6.07) is 5.47. The van der Waals surface area contributed by atoms with Gasteiger partial charge in [0.15, 0.2) is 5.96 Å². The van der Waals surface area contributed by atoms with E-state index in [4.69, 9.17) is 9.47 Å². The van der Waals surface area contributed by atoms with Crippen LogP contribution in [0.3, 0.4) is 0 Å². The summed E-state index contributed by atoms with van der Waals surface area (Å²) in [5, 5.41) is 3.36. The van der Waals surface area contributed by atoms with Crippen LogP contribution in [0.1, 0.15) is 25.3 Å². The molecule has 2 aliphatic rings. The number of guanidine groups is 1. The molecule has 0 amide bonds. The summed E-state index contributed by atoms with van der Waals surface area (Å²) in [4.78, 5) is 8.67. The highest BCUT2D eigenvalue weighted by atomic mass is 19.1. The summed E-state index contributed by atoms with van der Waals surface area (Å²) in [5.41, 5.74) is 1.57.